The van der Waals surface area contributed by atoms with Crippen molar-refractivity contribution in [1.29, 1.82) is 0 Å². The molecular weight excluding hydrogens is 431 g/mol. The van der Waals surface area contributed by atoms with Crippen molar-refractivity contribution in [1.82, 2.24) is 14.6 Å². The van der Waals surface area contributed by atoms with Crippen molar-refractivity contribution < 1.29 is 9.18 Å². The van der Waals surface area contributed by atoms with Crippen molar-refractivity contribution in [3.8, 4) is 21.8 Å². The fourth-order valence-electron chi connectivity index (χ4n) is 2.50. The summed E-state index contributed by atoms with van der Waals surface area (Å²) in [6, 6.07) is 13.6. The highest BCUT2D eigenvalue weighted by atomic mass is 79.9. The van der Waals surface area contributed by atoms with Crippen molar-refractivity contribution in [3.05, 3.63) is 71.6 Å². The summed E-state index contributed by atoms with van der Waals surface area (Å²) < 4.78 is 15.0. The second-order valence-electron chi connectivity index (χ2n) is 5.71. The first-order valence-corrected chi connectivity index (χ1v) is 9.49. The molecule has 0 radical (unpaired) electrons. The van der Waals surface area contributed by atoms with Gasteiger partial charge in [0, 0.05) is 16.8 Å². The van der Waals surface area contributed by atoms with Crippen molar-refractivity contribution in [2.24, 2.45) is 0 Å². The summed E-state index contributed by atoms with van der Waals surface area (Å²) in [7, 11) is 0. The van der Waals surface area contributed by atoms with Gasteiger partial charge in [-0.3, -0.25) is 4.79 Å². The van der Waals surface area contributed by atoms with Gasteiger partial charge >= 0.3 is 0 Å². The maximum atomic E-state index is 13.1. The first-order chi connectivity index (χ1) is 13.0. The number of hydrogen-bond donors (Lipinski definition) is 1. The first kappa shape index (κ1) is 17.6. The summed E-state index contributed by atoms with van der Waals surface area (Å²) in [6.45, 7) is 3.55. The van der Waals surface area contributed by atoms with Crippen LogP contribution in [-0.2, 0) is 4.79 Å². The zero-order valence-corrected chi connectivity index (χ0v) is 16.2. The van der Waals surface area contributed by atoms with E-state index in [0.29, 0.717) is 5.69 Å². The molecule has 0 atom stereocenters. The number of fused-ring (bicyclic) bond motifs is 1. The van der Waals surface area contributed by atoms with Crippen LogP contribution in [0.25, 0.3) is 26.8 Å². The minimum Gasteiger partial charge on any atom is -0.322 e. The summed E-state index contributed by atoms with van der Waals surface area (Å²) in [5.74, 6) is -0.582. The van der Waals surface area contributed by atoms with E-state index in [1.54, 1.807) is 22.7 Å². The Labute approximate surface area is 166 Å². The van der Waals surface area contributed by atoms with E-state index in [2.05, 4.69) is 37.9 Å². The van der Waals surface area contributed by atoms with Gasteiger partial charge < -0.3 is 5.32 Å². The number of halogens is 2. The third kappa shape index (κ3) is 3.67. The molecule has 0 aliphatic rings. The van der Waals surface area contributed by atoms with E-state index in [1.165, 1.54) is 23.5 Å². The van der Waals surface area contributed by atoms with Gasteiger partial charge in [-0.25, -0.2) is 13.9 Å². The van der Waals surface area contributed by atoms with E-state index in [4.69, 9.17) is 0 Å². The van der Waals surface area contributed by atoms with E-state index in [-0.39, 0.29) is 16.2 Å². The number of nitrogens with one attached hydrogen (secondary N) is 1. The summed E-state index contributed by atoms with van der Waals surface area (Å²) in [5, 5.41) is 8.03. The number of benzene rings is 2. The normalized spacial score (nSPS) is 10.9. The number of rotatable bonds is 4. The van der Waals surface area contributed by atoms with E-state index < -0.39 is 0 Å². The van der Waals surface area contributed by atoms with Gasteiger partial charge in [0.2, 0.25) is 4.96 Å². The lowest BCUT2D eigenvalue weighted by molar-refractivity contribution is -0.112. The van der Waals surface area contributed by atoms with Crippen molar-refractivity contribution in [2.45, 2.75) is 0 Å². The summed E-state index contributed by atoms with van der Waals surface area (Å²) in [6.07, 6.45) is 1.82. The summed E-state index contributed by atoms with van der Waals surface area (Å²) >= 11 is 4.48. The predicted octanol–water partition coefficient (Wildman–Crippen LogP) is 5.11. The Morgan fingerprint density at radius 3 is 2.67 bits per heavy atom. The highest BCUT2D eigenvalue weighted by Gasteiger charge is 2.12. The van der Waals surface area contributed by atoms with Crippen LogP contribution in [0, 0.1) is 5.82 Å². The van der Waals surface area contributed by atoms with Crippen LogP contribution in [0.5, 0.6) is 0 Å². The molecule has 5 nitrogen and oxygen atoms in total. The molecule has 1 amide bonds. The predicted molar refractivity (Wildman–Crippen MR) is 108 cm³/mol. The Hall–Kier alpha value is -2.84. The maximum absolute atomic E-state index is 13.1. The monoisotopic (exact) mass is 442 g/mol. The van der Waals surface area contributed by atoms with Gasteiger partial charge in [0.25, 0.3) is 5.91 Å². The Balaban J connectivity index is 1.63. The third-order valence-corrected chi connectivity index (χ3v) is 5.13. The lowest BCUT2D eigenvalue weighted by Crippen LogP contribution is -2.10. The molecule has 0 unspecified atom stereocenters. The SMILES string of the molecule is C=C(Br)C(=O)Nc1cccc(-c2cn3nc(-c4ccc(F)cc4)sc3n2)c1. The van der Waals surface area contributed by atoms with Crippen molar-refractivity contribution >= 4 is 43.8 Å². The van der Waals surface area contributed by atoms with E-state index in [1.807, 2.05) is 24.4 Å². The lowest BCUT2D eigenvalue weighted by Gasteiger charge is -2.05. The fourth-order valence-corrected chi connectivity index (χ4v) is 3.49. The van der Waals surface area contributed by atoms with E-state index >= 15 is 0 Å². The first-order valence-electron chi connectivity index (χ1n) is 7.88. The highest BCUT2D eigenvalue weighted by molar-refractivity contribution is 9.12. The van der Waals surface area contributed by atoms with Crippen LogP contribution in [-0.4, -0.2) is 20.5 Å². The van der Waals surface area contributed by atoms with Gasteiger partial charge in [0.15, 0.2) is 0 Å². The van der Waals surface area contributed by atoms with Gasteiger partial charge in [-0.1, -0.05) is 30.0 Å². The van der Waals surface area contributed by atoms with Crippen LogP contribution < -0.4 is 5.32 Å². The average molecular weight is 443 g/mol. The number of imidazole rings is 1. The number of hydrogen-bond acceptors (Lipinski definition) is 4. The molecule has 4 rings (SSSR count). The molecule has 0 saturated carbocycles. The molecule has 0 saturated heterocycles. The van der Waals surface area contributed by atoms with Gasteiger partial charge in [0.05, 0.1) is 16.4 Å². The molecule has 2 aromatic heterocycles. The number of carbonyl (C=O) groups is 1. The molecular formula is C19H12BrFN4OS. The highest BCUT2D eigenvalue weighted by Crippen LogP contribution is 2.29. The van der Waals surface area contributed by atoms with Gasteiger partial charge in [0.1, 0.15) is 10.8 Å². The quantitative estimate of drug-likeness (QED) is 0.446. The van der Waals surface area contributed by atoms with E-state index in [9.17, 15) is 9.18 Å². The number of aromatic nitrogens is 3. The van der Waals surface area contributed by atoms with E-state index in [0.717, 1.165) is 26.8 Å². The average Bonchev–Trinajstić information content (AvgIpc) is 3.21. The third-order valence-electron chi connectivity index (χ3n) is 3.80. The van der Waals surface area contributed by atoms with Crippen molar-refractivity contribution in [2.75, 3.05) is 5.32 Å². The smallest absolute Gasteiger partial charge is 0.262 e. The zero-order chi connectivity index (χ0) is 19.0. The number of anilines is 1. The largest absolute Gasteiger partial charge is 0.322 e. The molecule has 0 aliphatic heterocycles. The standard InChI is InChI=1S/C19H12BrFN4OS/c1-11(20)17(26)22-15-4-2-3-13(9-15)16-10-25-19(23-16)27-18(24-25)12-5-7-14(21)8-6-12/h2-10H,1H2,(H,22,26). The zero-order valence-electron chi connectivity index (χ0n) is 13.8. The topological polar surface area (TPSA) is 59.3 Å². The summed E-state index contributed by atoms with van der Waals surface area (Å²) in [5.41, 5.74) is 3.09. The Morgan fingerprint density at radius 2 is 1.96 bits per heavy atom. The van der Waals surface area contributed by atoms with Gasteiger partial charge in [-0.05, 0) is 52.3 Å². The minimum atomic E-state index is -0.302. The molecule has 0 aliphatic carbocycles. The van der Waals surface area contributed by atoms with Crippen LogP contribution in [0.1, 0.15) is 0 Å². The number of carbonyl (C=O) groups excluding carboxylic acids is 1. The van der Waals surface area contributed by atoms with Crippen LogP contribution in [0.2, 0.25) is 0 Å². The van der Waals surface area contributed by atoms with Crippen LogP contribution in [0.3, 0.4) is 0 Å². The van der Waals surface area contributed by atoms with Crippen LogP contribution >= 0.6 is 27.3 Å². The number of nitrogens with zero attached hydrogens (tertiary/aromatic N) is 3. The molecule has 2 aromatic carbocycles. The number of amides is 1. The van der Waals surface area contributed by atoms with Crippen molar-refractivity contribution in [3.63, 3.8) is 0 Å². The molecule has 0 bridgehead atoms. The molecule has 8 heteroatoms. The van der Waals surface area contributed by atoms with Gasteiger partial charge in [-0.15, -0.1) is 0 Å². The molecule has 0 spiro atoms. The Kier molecular flexibility index (Phi) is 4.59. The Bertz CT molecular complexity index is 1130. The molecule has 2 heterocycles. The Morgan fingerprint density at radius 1 is 1.19 bits per heavy atom. The second kappa shape index (κ2) is 7.05. The lowest BCUT2D eigenvalue weighted by atomic mass is 10.1. The molecule has 0 fully saturated rings. The fraction of sp³-hybridized carbons (Fsp3) is 0. The molecule has 27 heavy (non-hydrogen) atoms. The van der Waals surface area contributed by atoms with Crippen LogP contribution in [0.15, 0.2) is 65.8 Å². The molecule has 134 valence electrons. The maximum Gasteiger partial charge on any atom is 0.262 e. The molecule has 1 N–H and O–H groups in total. The van der Waals surface area contributed by atoms with Gasteiger partial charge in [-0.2, -0.15) is 5.10 Å². The molecule has 4 aromatic rings. The van der Waals surface area contributed by atoms with Crippen LogP contribution in [0.4, 0.5) is 10.1 Å². The second-order valence-corrected chi connectivity index (χ2v) is 7.62. The minimum absolute atomic E-state index is 0.257. The summed E-state index contributed by atoms with van der Waals surface area (Å²) in [4.78, 5) is 17.1.